The molecular formula is C16H18OSi. The van der Waals surface area contributed by atoms with Crippen LogP contribution >= 0.6 is 0 Å². The minimum absolute atomic E-state index is 0.829. The first-order valence-electron chi connectivity index (χ1n) is 6.17. The molecule has 0 amide bonds. The van der Waals surface area contributed by atoms with Crippen molar-refractivity contribution in [3.63, 3.8) is 0 Å². The van der Waals surface area contributed by atoms with Crippen LogP contribution in [0.3, 0.4) is 0 Å². The van der Waals surface area contributed by atoms with Crippen LogP contribution in [0.15, 0.2) is 47.1 Å². The molecule has 0 aliphatic heterocycles. The normalized spacial score (nSPS) is 10.8. The Morgan fingerprint density at radius 3 is 2.50 bits per heavy atom. The van der Waals surface area contributed by atoms with Gasteiger partial charge in [-0.15, -0.1) is 5.54 Å². The molecule has 0 saturated heterocycles. The molecule has 1 heterocycles. The Hall–Kier alpha value is -1.72. The van der Waals surface area contributed by atoms with Crippen molar-refractivity contribution in [1.29, 1.82) is 0 Å². The molecule has 0 fully saturated rings. The molecule has 0 saturated carbocycles. The monoisotopic (exact) mass is 254 g/mol. The van der Waals surface area contributed by atoms with Gasteiger partial charge in [0.1, 0.15) is 20.1 Å². The summed E-state index contributed by atoms with van der Waals surface area (Å²) in [5.74, 6) is 4.18. The lowest BCUT2D eigenvalue weighted by atomic mass is 10.1. The van der Waals surface area contributed by atoms with Gasteiger partial charge in [-0.25, -0.2) is 0 Å². The maximum absolute atomic E-state index is 5.55. The maximum Gasteiger partial charge on any atom is 0.129 e. The summed E-state index contributed by atoms with van der Waals surface area (Å²) >= 11 is 0. The van der Waals surface area contributed by atoms with Gasteiger partial charge in [0.2, 0.25) is 0 Å². The summed E-state index contributed by atoms with van der Waals surface area (Å²) in [6.45, 7) is 6.72. The van der Waals surface area contributed by atoms with Gasteiger partial charge in [-0.3, -0.25) is 0 Å². The lowest BCUT2D eigenvalue weighted by molar-refractivity contribution is 0.520. The largest absolute Gasteiger partial charge is 0.468 e. The highest BCUT2D eigenvalue weighted by atomic mass is 28.3. The molecule has 0 aliphatic rings. The summed E-state index contributed by atoms with van der Waals surface area (Å²) < 4.78 is 5.55. The first-order valence-corrected chi connectivity index (χ1v) is 9.67. The van der Waals surface area contributed by atoms with Crippen LogP contribution in [-0.2, 0) is 6.42 Å². The highest BCUT2D eigenvalue weighted by molar-refractivity contribution is 6.83. The lowest BCUT2D eigenvalue weighted by Gasteiger charge is -2.02. The highest BCUT2D eigenvalue weighted by Gasteiger charge is 2.08. The van der Waals surface area contributed by atoms with E-state index in [0.29, 0.717) is 0 Å². The number of rotatable bonds is 2. The van der Waals surface area contributed by atoms with E-state index in [1.807, 2.05) is 24.3 Å². The molecular weight excluding hydrogens is 236 g/mol. The summed E-state index contributed by atoms with van der Waals surface area (Å²) in [6, 6.07) is 12.4. The second-order valence-electron chi connectivity index (χ2n) is 5.46. The van der Waals surface area contributed by atoms with E-state index in [9.17, 15) is 0 Å². The fourth-order valence-electron chi connectivity index (χ4n) is 1.60. The van der Waals surface area contributed by atoms with Crippen molar-refractivity contribution in [2.45, 2.75) is 26.1 Å². The molecule has 0 unspecified atom stereocenters. The average molecular weight is 254 g/mol. The Morgan fingerprint density at radius 1 is 1.11 bits per heavy atom. The van der Waals surface area contributed by atoms with Gasteiger partial charge in [-0.1, -0.05) is 55.9 Å². The molecule has 0 bridgehead atoms. The first kappa shape index (κ1) is 12.7. The molecule has 0 N–H and O–H groups in total. The molecule has 0 radical (unpaired) electrons. The van der Waals surface area contributed by atoms with Crippen LogP contribution in [0.4, 0.5) is 0 Å². The Bertz CT molecular complexity index is 564. The van der Waals surface area contributed by atoms with Crippen molar-refractivity contribution in [3.05, 3.63) is 59.5 Å². The SMILES string of the molecule is C[Si](C)(C)C#Cc1coc(Cc2ccccc2)c1. The molecule has 1 nitrogen and oxygen atoms in total. The Morgan fingerprint density at radius 2 is 1.83 bits per heavy atom. The molecule has 0 aliphatic carbocycles. The van der Waals surface area contributed by atoms with Gasteiger partial charge >= 0.3 is 0 Å². The van der Waals surface area contributed by atoms with E-state index in [2.05, 4.69) is 43.2 Å². The minimum Gasteiger partial charge on any atom is -0.468 e. The van der Waals surface area contributed by atoms with Gasteiger partial charge in [0.05, 0.1) is 5.56 Å². The van der Waals surface area contributed by atoms with Gasteiger partial charge in [0.25, 0.3) is 0 Å². The second kappa shape index (κ2) is 5.28. The van der Waals surface area contributed by atoms with Crippen molar-refractivity contribution in [2.24, 2.45) is 0 Å². The summed E-state index contributed by atoms with van der Waals surface area (Å²) in [4.78, 5) is 0. The molecule has 18 heavy (non-hydrogen) atoms. The topological polar surface area (TPSA) is 13.1 Å². The van der Waals surface area contributed by atoms with Gasteiger partial charge in [0, 0.05) is 6.42 Å². The van der Waals surface area contributed by atoms with Crippen LogP contribution in [0, 0.1) is 11.5 Å². The predicted molar refractivity (Wildman–Crippen MR) is 78.2 cm³/mol. The molecule has 0 spiro atoms. The van der Waals surface area contributed by atoms with Crippen LogP contribution in [0.25, 0.3) is 0 Å². The Kier molecular flexibility index (Phi) is 3.74. The third kappa shape index (κ3) is 3.94. The molecule has 0 atom stereocenters. The zero-order valence-corrected chi connectivity index (χ0v) is 12.2. The number of benzene rings is 1. The standard InChI is InChI=1S/C16H18OSi/c1-18(2,3)10-9-15-12-16(17-13-15)11-14-7-5-4-6-8-14/h4-8,12-13H,11H2,1-3H3. The van der Waals surface area contributed by atoms with E-state index in [-0.39, 0.29) is 0 Å². The van der Waals surface area contributed by atoms with Crippen molar-refractivity contribution >= 4 is 8.07 Å². The number of hydrogen-bond acceptors (Lipinski definition) is 1. The molecule has 1 aromatic heterocycles. The second-order valence-corrected chi connectivity index (χ2v) is 10.2. The minimum atomic E-state index is -1.31. The average Bonchev–Trinajstić information content (AvgIpc) is 2.75. The highest BCUT2D eigenvalue weighted by Crippen LogP contribution is 2.12. The van der Waals surface area contributed by atoms with Gasteiger partial charge in [0.15, 0.2) is 0 Å². The molecule has 2 rings (SSSR count). The Balaban J connectivity index is 2.09. The van der Waals surface area contributed by atoms with Crippen LogP contribution in [-0.4, -0.2) is 8.07 Å². The molecule has 2 aromatic rings. The van der Waals surface area contributed by atoms with E-state index in [1.54, 1.807) is 6.26 Å². The van der Waals surface area contributed by atoms with Gasteiger partial charge in [-0.2, -0.15) is 0 Å². The van der Waals surface area contributed by atoms with E-state index < -0.39 is 8.07 Å². The quantitative estimate of drug-likeness (QED) is 0.581. The zero-order chi connectivity index (χ0) is 13.0. The lowest BCUT2D eigenvalue weighted by Crippen LogP contribution is -2.16. The van der Waals surface area contributed by atoms with E-state index >= 15 is 0 Å². The van der Waals surface area contributed by atoms with Crippen LogP contribution < -0.4 is 0 Å². The number of hydrogen-bond donors (Lipinski definition) is 0. The summed E-state index contributed by atoms with van der Waals surface area (Å²) in [5.41, 5.74) is 5.59. The fraction of sp³-hybridized carbons (Fsp3) is 0.250. The van der Waals surface area contributed by atoms with Crippen molar-refractivity contribution in [3.8, 4) is 11.5 Å². The third-order valence-electron chi connectivity index (χ3n) is 2.46. The first-order chi connectivity index (χ1) is 8.53. The van der Waals surface area contributed by atoms with E-state index in [0.717, 1.165) is 17.7 Å². The third-order valence-corrected chi connectivity index (χ3v) is 3.33. The van der Waals surface area contributed by atoms with Crippen molar-refractivity contribution in [2.75, 3.05) is 0 Å². The number of furan rings is 1. The predicted octanol–water partition coefficient (Wildman–Crippen LogP) is 4.10. The van der Waals surface area contributed by atoms with Crippen LogP contribution in [0.1, 0.15) is 16.9 Å². The summed E-state index contributed by atoms with van der Waals surface area (Å²) in [5, 5.41) is 0. The smallest absolute Gasteiger partial charge is 0.129 e. The Labute approximate surface area is 110 Å². The molecule has 2 heteroatoms. The van der Waals surface area contributed by atoms with Gasteiger partial charge in [-0.05, 0) is 11.6 Å². The molecule has 1 aromatic carbocycles. The fourth-order valence-corrected chi connectivity index (χ4v) is 2.11. The van der Waals surface area contributed by atoms with Crippen molar-refractivity contribution in [1.82, 2.24) is 0 Å². The molecule has 92 valence electrons. The zero-order valence-electron chi connectivity index (χ0n) is 11.2. The van der Waals surface area contributed by atoms with Crippen LogP contribution in [0.5, 0.6) is 0 Å². The summed E-state index contributed by atoms with van der Waals surface area (Å²) in [7, 11) is -1.31. The summed E-state index contributed by atoms with van der Waals surface area (Å²) in [6.07, 6.45) is 2.58. The van der Waals surface area contributed by atoms with Gasteiger partial charge < -0.3 is 4.42 Å². The van der Waals surface area contributed by atoms with Crippen LogP contribution in [0.2, 0.25) is 19.6 Å². The van der Waals surface area contributed by atoms with E-state index in [4.69, 9.17) is 4.42 Å². The van der Waals surface area contributed by atoms with E-state index in [1.165, 1.54) is 5.56 Å². The van der Waals surface area contributed by atoms with Crippen molar-refractivity contribution < 1.29 is 4.42 Å². The maximum atomic E-state index is 5.55.